The van der Waals surface area contributed by atoms with Crippen LogP contribution in [0.3, 0.4) is 0 Å². The Morgan fingerprint density at radius 2 is 1.64 bits per heavy atom. The smallest absolute Gasteiger partial charge is 0.292 e. The topological polar surface area (TPSA) is 65.8 Å². The number of carbonyl (C=O) groups excluding carboxylic acids is 1. The van der Waals surface area contributed by atoms with Crippen LogP contribution in [0.1, 0.15) is 15.9 Å². The van der Waals surface area contributed by atoms with Gasteiger partial charge in [-0.15, -0.1) is 0 Å². The third-order valence-corrected chi connectivity index (χ3v) is 6.25. The molecule has 0 saturated heterocycles. The molecule has 4 aromatic rings. The molecule has 0 saturated carbocycles. The fourth-order valence-corrected chi connectivity index (χ4v) is 4.52. The normalized spacial score (nSPS) is 13.6. The number of anilines is 1. The van der Waals surface area contributed by atoms with Crippen LogP contribution in [-0.4, -0.2) is 40.1 Å². The van der Waals surface area contributed by atoms with Crippen LogP contribution >= 0.6 is 0 Å². The number of pyridine rings is 1. The van der Waals surface area contributed by atoms with Gasteiger partial charge in [0.05, 0.1) is 0 Å². The predicted molar refractivity (Wildman–Crippen MR) is 130 cm³/mol. The van der Waals surface area contributed by atoms with Crippen LogP contribution in [-0.2, 0) is 13.1 Å². The van der Waals surface area contributed by atoms with Gasteiger partial charge >= 0.3 is 0 Å². The van der Waals surface area contributed by atoms with Gasteiger partial charge in [0.2, 0.25) is 0 Å². The Hall–Kier alpha value is -4.06. The maximum atomic E-state index is 13.6. The number of aromatic hydroxyl groups is 1. The van der Waals surface area contributed by atoms with E-state index in [0.717, 1.165) is 22.0 Å². The lowest BCUT2D eigenvalue weighted by Crippen LogP contribution is -2.37. The molecule has 166 valence electrons. The summed E-state index contributed by atoms with van der Waals surface area (Å²) in [4.78, 5) is 29.9. The molecule has 1 aromatic heterocycles. The quantitative estimate of drug-likeness (QED) is 0.524. The van der Waals surface area contributed by atoms with Crippen molar-refractivity contribution in [2.24, 2.45) is 0 Å². The molecule has 3 aromatic carbocycles. The zero-order valence-electron chi connectivity index (χ0n) is 18.2. The van der Waals surface area contributed by atoms with Crippen molar-refractivity contribution in [3.63, 3.8) is 0 Å². The molecular formula is C27H25N3O3. The van der Waals surface area contributed by atoms with Gasteiger partial charge in [-0.05, 0) is 40.6 Å². The van der Waals surface area contributed by atoms with Crippen molar-refractivity contribution in [3.05, 3.63) is 107 Å². The van der Waals surface area contributed by atoms with Crippen molar-refractivity contribution >= 4 is 22.4 Å². The van der Waals surface area contributed by atoms with Crippen LogP contribution in [0.5, 0.6) is 5.75 Å². The molecule has 0 aliphatic carbocycles. The first-order chi connectivity index (χ1) is 16.1. The van der Waals surface area contributed by atoms with E-state index in [9.17, 15) is 14.7 Å². The number of para-hydroxylation sites is 1. The van der Waals surface area contributed by atoms with Crippen molar-refractivity contribution < 1.29 is 9.90 Å². The Bertz CT molecular complexity index is 1370. The molecule has 0 radical (unpaired) electrons. The standard InChI is InChI=1S/C27H25N3O3/c31-25-13-6-14-29(27(25)33)17-15-28-16-18-30(19-21-8-2-4-12-24(21)28)26(32)23-11-5-9-20-7-1-3-10-22(20)23/h1-14,31H,15-19H2. The minimum absolute atomic E-state index is 0.0210. The minimum atomic E-state index is -0.395. The van der Waals surface area contributed by atoms with Crippen LogP contribution in [0.2, 0.25) is 0 Å². The van der Waals surface area contributed by atoms with Gasteiger partial charge in [0.1, 0.15) is 0 Å². The molecule has 6 nitrogen and oxygen atoms in total. The second kappa shape index (κ2) is 8.82. The average molecular weight is 440 g/mol. The van der Waals surface area contributed by atoms with Gasteiger partial charge in [-0.2, -0.15) is 0 Å². The van der Waals surface area contributed by atoms with E-state index in [-0.39, 0.29) is 11.7 Å². The number of carbonyl (C=O) groups is 1. The predicted octanol–water partition coefficient (Wildman–Crippen LogP) is 3.87. The lowest BCUT2D eigenvalue weighted by molar-refractivity contribution is 0.0753. The molecule has 5 rings (SSSR count). The maximum absolute atomic E-state index is 13.6. The number of amides is 1. The van der Waals surface area contributed by atoms with E-state index >= 15 is 0 Å². The largest absolute Gasteiger partial charge is 0.503 e. The van der Waals surface area contributed by atoms with Gasteiger partial charge in [-0.1, -0.05) is 54.6 Å². The van der Waals surface area contributed by atoms with Crippen LogP contribution in [0.25, 0.3) is 10.8 Å². The highest BCUT2D eigenvalue weighted by atomic mass is 16.3. The molecule has 0 fully saturated rings. The van der Waals surface area contributed by atoms with E-state index in [1.165, 1.54) is 10.6 Å². The van der Waals surface area contributed by atoms with E-state index in [1.807, 2.05) is 59.5 Å². The summed E-state index contributed by atoms with van der Waals surface area (Å²) in [6, 6.07) is 25.0. The highest BCUT2D eigenvalue weighted by molar-refractivity contribution is 6.07. The van der Waals surface area contributed by atoms with Gasteiger partial charge in [0.15, 0.2) is 5.75 Å². The molecule has 6 heteroatoms. The van der Waals surface area contributed by atoms with Gasteiger partial charge < -0.3 is 19.5 Å². The van der Waals surface area contributed by atoms with E-state index in [1.54, 1.807) is 12.3 Å². The Morgan fingerprint density at radius 1 is 0.848 bits per heavy atom. The second-order valence-corrected chi connectivity index (χ2v) is 8.26. The van der Waals surface area contributed by atoms with E-state index in [4.69, 9.17) is 0 Å². The van der Waals surface area contributed by atoms with Crippen LogP contribution in [0.15, 0.2) is 89.9 Å². The average Bonchev–Trinajstić information content (AvgIpc) is 3.04. The Kier molecular flexibility index (Phi) is 5.57. The van der Waals surface area contributed by atoms with E-state index in [0.29, 0.717) is 38.3 Å². The highest BCUT2D eigenvalue weighted by Crippen LogP contribution is 2.27. The fourth-order valence-electron chi connectivity index (χ4n) is 4.52. The van der Waals surface area contributed by atoms with Gasteiger partial charge in [0, 0.05) is 50.2 Å². The molecule has 0 spiro atoms. The number of fused-ring (bicyclic) bond motifs is 2. The SMILES string of the molecule is O=C(c1cccc2ccccc12)N1CCN(CCn2cccc(O)c2=O)c2ccccc2C1. The first-order valence-corrected chi connectivity index (χ1v) is 11.1. The second-order valence-electron chi connectivity index (χ2n) is 8.26. The number of hydrogen-bond donors (Lipinski definition) is 1. The lowest BCUT2D eigenvalue weighted by Gasteiger charge is -2.25. The molecule has 0 bridgehead atoms. The van der Waals surface area contributed by atoms with Crippen LogP contribution in [0, 0.1) is 0 Å². The van der Waals surface area contributed by atoms with Gasteiger partial charge in [-0.3, -0.25) is 9.59 Å². The summed E-state index contributed by atoms with van der Waals surface area (Å²) in [6.45, 7) is 2.79. The van der Waals surface area contributed by atoms with E-state index in [2.05, 4.69) is 17.0 Å². The molecule has 1 N–H and O–H groups in total. The maximum Gasteiger partial charge on any atom is 0.292 e. The number of rotatable bonds is 4. The van der Waals surface area contributed by atoms with E-state index < -0.39 is 5.56 Å². The molecule has 1 aliphatic rings. The molecule has 1 amide bonds. The minimum Gasteiger partial charge on any atom is -0.503 e. The van der Waals surface area contributed by atoms with Crippen molar-refractivity contribution in [1.29, 1.82) is 0 Å². The number of aromatic nitrogens is 1. The number of nitrogens with zero attached hydrogens (tertiary/aromatic N) is 3. The summed E-state index contributed by atoms with van der Waals surface area (Å²) in [5.41, 5.74) is 2.46. The zero-order chi connectivity index (χ0) is 22.8. The third-order valence-electron chi connectivity index (χ3n) is 6.25. The zero-order valence-corrected chi connectivity index (χ0v) is 18.2. The highest BCUT2D eigenvalue weighted by Gasteiger charge is 2.24. The van der Waals surface area contributed by atoms with Gasteiger partial charge in [-0.25, -0.2) is 0 Å². The van der Waals surface area contributed by atoms with Crippen LogP contribution in [0.4, 0.5) is 5.69 Å². The number of hydrogen-bond acceptors (Lipinski definition) is 4. The third kappa shape index (κ3) is 4.07. The molecule has 2 heterocycles. The van der Waals surface area contributed by atoms with Crippen molar-refractivity contribution in [1.82, 2.24) is 9.47 Å². The summed E-state index contributed by atoms with van der Waals surface area (Å²) in [5.74, 6) is -0.228. The summed E-state index contributed by atoms with van der Waals surface area (Å²) < 4.78 is 1.52. The summed E-state index contributed by atoms with van der Waals surface area (Å²) in [5, 5.41) is 11.7. The molecule has 1 aliphatic heterocycles. The van der Waals surface area contributed by atoms with Crippen LogP contribution < -0.4 is 10.5 Å². The number of benzene rings is 3. The first kappa shape index (κ1) is 20.8. The van der Waals surface area contributed by atoms with Gasteiger partial charge in [0.25, 0.3) is 11.5 Å². The first-order valence-electron chi connectivity index (χ1n) is 11.1. The van der Waals surface area contributed by atoms with Crippen molar-refractivity contribution in [2.45, 2.75) is 13.1 Å². The Morgan fingerprint density at radius 3 is 2.55 bits per heavy atom. The fraction of sp³-hybridized carbons (Fsp3) is 0.185. The molecule has 0 atom stereocenters. The molecular weight excluding hydrogens is 414 g/mol. The summed E-state index contributed by atoms with van der Waals surface area (Å²) >= 11 is 0. The molecule has 33 heavy (non-hydrogen) atoms. The monoisotopic (exact) mass is 439 g/mol. The van der Waals surface area contributed by atoms with Crippen molar-refractivity contribution in [2.75, 3.05) is 24.5 Å². The Balaban J connectivity index is 1.41. The molecule has 0 unspecified atom stereocenters. The summed E-state index contributed by atoms with van der Waals surface area (Å²) in [7, 11) is 0. The Labute approximate surface area is 191 Å². The van der Waals surface area contributed by atoms with Crippen molar-refractivity contribution in [3.8, 4) is 5.75 Å². The summed E-state index contributed by atoms with van der Waals surface area (Å²) in [6.07, 6.45) is 1.68. The lowest BCUT2D eigenvalue weighted by atomic mass is 10.0.